The predicted octanol–water partition coefficient (Wildman–Crippen LogP) is 1.01. The van der Waals surface area contributed by atoms with Crippen molar-refractivity contribution >= 4 is 5.91 Å². The molecule has 1 saturated carbocycles. The third kappa shape index (κ3) is 3.68. The summed E-state index contributed by atoms with van der Waals surface area (Å²) >= 11 is 0. The highest BCUT2D eigenvalue weighted by Crippen LogP contribution is 2.28. The molecule has 0 radical (unpaired) electrons. The van der Waals surface area contributed by atoms with E-state index in [2.05, 4.69) is 24.1 Å². The molecule has 1 amide bonds. The summed E-state index contributed by atoms with van der Waals surface area (Å²) in [6, 6.07) is 0.492. The summed E-state index contributed by atoms with van der Waals surface area (Å²) < 4.78 is 5.55. The minimum absolute atomic E-state index is 0.195. The van der Waals surface area contributed by atoms with E-state index in [1.54, 1.807) is 0 Å². The van der Waals surface area contributed by atoms with Crippen molar-refractivity contribution in [3.05, 3.63) is 0 Å². The van der Waals surface area contributed by atoms with E-state index in [1.807, 2.05) is 0 Å². The molecule has 2 aliphatic rings. The van der Waals surface area contributed by atoms with Crippen LogP contribution < -0.4 is 5.32 Å². The molecule has 1 heterocycles. The summed E-state index contributed by atoms with van der Waals surface area (Å²) in [5.74, 6) is 0.842. The fourth-order valence-corrected chi connectivity index (χ4v) is 2.17. The molecule has 98 valence electrons. The fraction of sp³-hybridized carbons (Fsp3) is 0.923. The van der Waals surface area contributed by atoms with Crippen molar-refractivity contribution in [1.82, 2.24) is 10.2 Å². The Hall–Kier alpha value is -0.610. The molecule has 1 atom stereocenters. The maximum Gasteiger partial charge on any atom is 0.253 e. The maximum absolute atomic E-state index is 12.4. The predicted molar refractivity (Wildman–Crippen MR) is 66.8 cm³/mol. The molecule has 0 bridgehead atoms. The standard InChI is InChI=1S/C13H24N2O2/c1-10(2)5-7-15(11-3-4-11)13(16)12-9-14-6-8-17-12/h10-12,14H,3-9H2,1-2H3. The zero-order valence-corrected chi connectivity index (χ0v) is 10.9. The summed E-state index contributed by atoms with van der Waals surface area (Å²) in [5, 5.41) is 3.22. The van der Waals surface area contributed by atoms with Crippen LogP contribution in [0.2, 0.25) is 0 Å². The van der Waals surface area contributed by atoms with E-state index in [1.165, 1.54) is 12.8 Å². The molecule has 0 spiro atoms. The maximum atomic E-state index is 12.4. The number of ether oxygens (including phenoxy) is 1. The van der Waals surface area contributed by atoms with Crippen LogP contribution in [0.4, 0.5) is 0 Å². The molecule has 0 aromatic rings. The van der Waals surface area contributed by atoms with Gasteiger partial charge in [-0.1, -0.05) is 13.8 Å². The smallest absolute Gasteiger partial charge is 0.253 e. The number of carbonyl (C=O) groups excluding carboxylic acids is 1. The molecule has 1 aliphatic carbocycles. The van der Waals surface area contributed by atoms with Crippen molar-refractivity contribution in [2.75, 3.05) is 26.2 Å². The topological polar surface area (TPSA) is 41.6 Å². The highest BCUT2D eigenvalue weighted by Gasteiger charge is 2.36. The highest BCUT2D eigenvalue weighted by molar-refractivity contribution is 5.82. The lowest BCUT2D eigenvalue weighted by atomic mass is 10.1. The summed E-state index contributed by atoms with van der Waals surface area (Å²) in [4.78, 5) is 14.4. The first-order valence-electron chi connectivity index (χ1n) is 6.81. The lowest BCUT2D eigenvalue weighted by Crippen LogP contribution is -2.50. The van der Waals surface area contributed by atoms with Crippen molar-refractivity contribution in [2.45, 2.75) is 45.3 Å². The van der Waals surface area contributed by atoms with E-state index in [-0.39, 0.29) is 12.0 Å². The molecular weight excluding hydrogens is 216 g/mol. The Bertz CT molecular complexity index is 258. The van der Waals surface area contributed by atoms with Crippen LogP contribution in [-0.2, 0) is 9.53 Å². The number of rotatable bonds is 5. The van der Waals surface area contributed by atoms with Gasteiger partial charge in [-0.25, -0.2) is 0 Å². The number of nitrogens with zero attached hydrogens (tertiary/aromatic N) is 1. The largest absolute Gasteiger partial charge is 0.366 e. The quantitative estimate of drug-likeness (QED) is 0.780. The monoisotopic (exact) mass is 240 g/mol. The van der Waals surface area contributed by atoms with Gasteiger partial charge in [-0.05, 0) is 25.2 Å². The molecule has 1 unspecified atom stereocenters. The minimum Gasteiger partial charge on any atom is -0.366 e. The zero-order valence-electron chi connectivity index (χ0n) is 10.9. The normalized spacial score (nSPS) is 25.0. The van der Waals surface area contributed by atoms with Gasteiger partial charge in [-0.15, -0.1) is 0 Å². The minimum atomic E-state index is -0.253. The SMILES string of the molecule is CC(C)CCN(C(=O)C1CNCCO1)C1CC1. The molecule has 1 saturated heterocycles. The van der Waals surface area contributed by atoms with Gasteiger partial charge in [0.25, 0.3) is 5.91 Å². The van der Waals surface area contributed by atoms with E-state index in [0.717, 1.165) is 19.5 Å². The third-order valence-corrected chi connectivity index (χ3v) is 3.42. The van der Waals surface area contributed by atoms with Gasteiger partial charge in [-0.3, -0.25) is 4.79 Å². The molecule has 2 rings (SSSR count). The number of nitrogens with one attached hydrogen (secondary N) is 1. The molecule has 17 heavy (non-hydrogen) atoms. The Kier molecular flexibility index (Phi) is 4.40. The van der Waals surface area contributed by atoms with E-state index in [9.17, 15) is 4.79 Å². The third-order valence-electron chi connectivity index (χ3n) is 3.42. The zero-order chi connectivity index (χ0) is 12.3. The first-order chi connectivity index (χ1) is 8.18. The Labute approximate surface area is 104 Å². The second-order valence-electron chi connectivity index (χ2n) is 5.51. The lowest BCUT2D eigenvalue weighted by molar-refractivity contribution is -0.146. The van der Waals surface area contributed by atoms with Crippen molar-refractivity contribution in [1.29, 1.82) is 0 Å². The van der Waals surface area contributed by atoms with Gasteiger partial charge in [0.15, 0.2) is 0 Å². The number of amides is 1. The molecule has 1 aliphatic heterocycles. The Morgan fingerprint density at radius 3 is 2.76 bits per heavy atom. The molecule has 0 aromatic carbocycles. The van der Waals surface area contributed by atoms with Gasteiger partial charge in [-0.2, -0.15) is 0 Å². The second kappa shape index (κ2) is 5.83. The summed E-state index contributed by atoms with van der Waals surface area (Å²) in [6.45, 7) is 7.48. The van der Waals surface area contributed by atoms with E-state index in [0.29, 0.717) is 25.1 Å². The molecule has 0 aromatic heterocycles. The molecule has 4 nitrogen and oxygen atoms in total. The van der Waals surface area contributed by atoms with Crippen LogP contribution in [0.1, 0.15) is 33.1 Å². The van der Waals surface area contributed by atoms with Gasteiger partial charge < -0.3 is 15.0 Å². The van der Waals surface area contributed by atoms with Crippen molar-refractivity contribution in [3.63, 3.8) is 0 Å². The lowest BCUT2D eigenvalue weighted by Gasteiger charge is -2.30. The molecular formula is C13H24N2O2. The van der Waals surface area contributed by atoms with E-state index >= 15 is 0 Å². The van der Waals surface area contributed by atoms with Crippen molar-refractivity contribution in [3.8, 4) is 0 Å². The van der Waals surface area contributed by atoms with Gasteiger partial charge in [0.1, 0.15) is 6.10 Å². The first kappa shape index (κ1) is 12.8. The Balaban J connectivity index is 1.87. The van der Waals surface area contributed by atoms with Crippen LogP contribution >= 0.6 is 0 Å². The van der Waals surface area contributed by atoms with Crippen LogP contribution in [0, 0.1) is 5.92 Å². The van der Waals surface area contributed by atoms with Gasteiger partial charge >= 0.3 is 0 Å². The summed E-state index contributed by atoms with van der Waals surface area (Å²) in [7, 11) is 0. The molecule has 2 fully saturated rings. The van der Waals surface area contributed by atoms with Crippen molar-refractivity contribution in [2.24, 2.45) is 5.92 Å². The Morgan fingerprint density at radius 2 is 2.24 bits per heavy atom. The van der Waals surface area contributed by atoms with Crippen molar-refractivity contribution < 1.29 is 9.53 Å². The average molecular weight is 240 g/mol. The number of carbonyl (C=O) groups is 1. The van der Waals surface area contributed by atoms with Crippen LogP contribution in [0.25, 0.3) is 0 Å². The van der Waals surface area contributed by atoms with Gasteiger partial charge in [0.2, 0.25) is 0 Å². The second-order valence-corrected chi connectivity index (χ2v) is 5.51. The van der Waals surface area contributed by atoms with Crippen LogP contribution in [0.3, 0.4) is 0 Å². The van der Waals surface area contributed by atoms with Gasteiger partial charge in [0, 0.05) is 25.7 Å². The number of hydrogen-bond acceptors (Lipinski definition) is 3. The number of hydrogen-bond donors (Lipinski definition) is 1. The molecule has 1 N–H and O–H groups in total. The number of morpholine rings is 1. The average Bonchev–Trinajstić information content (AvgIpc) is 3.14. The highest BCUT2D eigenvalue weighted by atomic mass is 16.5. The van der Waals surface area contributed by atoms with Crippen LogP contribution in [0.15, 0.2) is 0 Å². The summed E-state index contributed by atoms with van der Waals surface area (Å²) in [5.41, 5.74) is 0. The fourth-order valence-electron chi connectivity index (χ4n) is 2.17. The first-order valence-corrected chi connectivity index (χ1v) is 6.81. The Morgan fingerprint density at radius 1 is 1.47 bits per heavy atom. The van der Waals surface area contributed by atoms with E-state index < -0.39 is 0 Å². The van der Waals surface area contributed by atoms with Crippen LogP contribution in [0.5, 0.6) is 0 Å². The van der Waals surface area contributed by atoms with Crippen LogP contribution in [-0.4, -0.2) is 49.2 Å². The van der Waals surface area contributed by atoms with E-state index in [4.69, 9.17) is 4.74 Å². The molecule has 4 heteroatoms. The van der Waals surface area contributed by atoms with Gasteiger partial charge in [0.05, 0.1) is 6.61 Å². The summed E-state index contributed by atoms with van der Waals surface area (Å²) in [6.07, 6.45) is 3.17.